The molecular formula is C36H59IO7Si2. The monoisotopic (exact) mass is 786 g/mol. The SMILES string of the molecule is COC(=O)c1cc2oc1[C@H]1C[C@H](O[Si](C(C)C)(C(C)C)C(C)C)[C@@H]1C[C@@H](OC(C)=O)/C(I)=C/[C@@H](O[Si](C)(C)C(C)(C)C)C/C(C)=C/2. The van der Waals surface area contributed by atoms with E-state index in [1.807, 2.05) is 12.1 Å². The molecule has 3 rings (SSSR count). The molecular weight excluding hydrogens is 727 g/mol. The molecule has 0 spiro atoms. The lowest BCUT2D eigenvalue weighted by Crippen LogP contribution is -2.56. The highest BCUT2D eigenvalue weighted by Crippen LogP contribution is 2.54. The van der Waals surface area contributed by atoms with Crippen LogP contribution in [0.25, 0.3) is 6.08 Å². The Balaban J connectivity index is 2.21. The molecule has 1 saturated carbocycles. The van der Waals surface area contributed by atoms with Crippen LogP contribution in [0.3, 0.4) is 0 Å². The lowest BCUT2D eigenvalue weighted by molar-refractivity contribution is -0.146. The minimum atomic E-state index is -2.23. The van der Waals surface area contributed by atoms with Gasteiger partial charge in [0.2, 0.25) is 8.32 Å². The highest BCUT2D eigenvalue weighted by Gasteiger charge is 2.54. The number of carbonyl (C=O) groups excluding carboxylic acids is 2. The van der Waals surface area contributed by atoms with E-state index in [1.54, 1.807) is 0 Å². The zero-order chi connectivity index (χ0) is 34.9. The first-order chi connectivity index (χ1) is 21.1. The zero-order valence-electron chi connectivity index (χ0n) is 30.7. The Labute approximate surface area is 294 Å². The summed E-state index contributed by atoms with van der Waals surface area (Å²) >= 11 is 2.34. The minimum absolute atomic E-state index is 0.0228. The van der Waals surface area contributed by atoms with Gasteiger partial charge in [-0.2, -0.15) is 0 Å². The molecule has 0 aromatic carbocycles. The number of esters is 2. The Morgan fingerprint density at radius 2 is 1.59 bits per heavy atom. The van der Waals surface area contributed by atoms with Crippen molar-refractivity contribution in [2.24, 2.45) is 5.92 Å². The number of furan rings is 1. The Hall–Kier alpha value is -1.22. The van der Waals surface area contributed by atoms with Crippen LogP contribution >= 0.6 is 22.6 Å². The number of hydrogen-bond acceptors (Lipinski definition) is 7. The fourth-order valence-electron chi connectivity index (χ4n) is 7.39. The fourth-order valence-corrected chi connectivity index (χ4v) is 15.0. The lowest BCUT2D eigenvalue weighted by Gasteiger charge is -2.52. The highest BCUT2D eigenvalue weighted by atomic mass is 127. The Kier molecular flexibility index (Phi) is 12.9. The van der Waals surface area contributed by atoms with Crippen LogP contribution in [0.2, 0.25) is 34.8 Å². The van der Waals surface area contributed by atoms with Crippen LogP contribution in [0.4, 0.5) is 0 Å². The molecule has 1 aliphatic carbocycles. The molecule has 1 aromatic rings. The van der Waals surface area contributed by atoms with Crippen molar-refractivity contribution < 1.29 is 32.3 Å². The average molecular weight is 787 g/mol. The van der Waals surface area contributed by atoms with Gasteiger partial charge in [-0.25, -0.2) is 4.79 Å². The molecule has 0 amide bonds. The zero-order valence-corrected chi connectivity index (χ0v) is 34.9. The maximum atomic E-state index is 13.1. The van der Waals surface area contributed by atoms with Gasteiger partial charge < -0.3 is 22.7 Å². The summed E-state index contributed by atoms with van der Waals surface area (Å²) in [5, 5.41) is 0.0228. The van der Waals surface area contributed by atoms with Crippen LogP contribution < -0.4 is 0 Å². The molecule has 0 unspecified atom stereocenters. The largest absolute Gasteiger partial charge is 0.465 e. The molecule has 7 nitrogen and oxygen atoms in total. The number of carbonyl (C=O) groups is 2. The summed E-state index contributed by atoms with van der Waals surface area (Å²) in [5.41, 5.74) is 2.79. The van der Waals surface area contributed by atoms with Crippen molar-refractivity contribution in [2.75, 3.05) is 7.11 Å². The van der Waals surface area contributed by atoms with Gasteiger partial charge in [0.15, 0.2) is 8.32 Å². The van der Waals surface area contributed by atoms with Gasteiger partial charge in [0.25, 0.3) is 0 Å². The maximum Gasteiger partial charge on any atom is 0.341 e. The van der Waals surface area contributed by atoms with E-state index >= 15 is 0 Å². The van der Waals surface area contributed by atoms with Crippen molar-refractivity contribution >= 4 is 57.2 Å². The molecule has 2 heterocycles. The van der Waals surface area contributed by atoms with E-state index in [1.165, 1.54) is 14.0 Å². The molecule has 46 heavy (non-hydrogen) atoms. The summed E-state index contributed by atoms with van der Waals surface area (Å²) in [4.78, 5) is 25.7. The predicted molar refractivity (Wildman–Crippen MR) is 199 cm³/mol. The first-order valence-corrected chi connectivity index (χ1v) is 23.1. The summed E-state index contributed by atoms with van der Waals surface area (Å²) in [7, 11) is -2.97. The van der Waals surface area contributed by atoms with Crippen LogP contribution in [0.15, 0.2) is 25.7 Å². The highest BCUT2D eigenvalue weighted by molar-refractivity contribution is 14.1. The standard InChI is InChI=1S/C36H59IO7Si2/c1-21(2)46(22(3)4,23(5)6)44-32-20-29-28(32)19-33(41-25(8)38)31(37)18-27(43-45(13,14)36(9,10)11)16-24(7)15-26-17-30(34(29)42-26)35(39)40-12/h15,17-18,21-23,27-29,32-33H,16,19-20H2,1-14H3/b24-15+,31-18-/t27-,28+,29-,32-,33+/m0/s1. The van der Waals surface area contributed by atoms with Crippen LogP contribution in [0.5, 0.6) is 0 Å². The van der Waals surface area contributed by atoms with Gasteiger partial charge in [-0.1, -0.05) is 67.9 Å². The lowest BCUT2D eigenvalue weighted by atomic mass is 9.66. The molecule has 2 bridgehead atoms. The third kappa shape index (κ3) is 8.49. The Morgan fingerprint density at radius 3 is 2.09 bits per heavy atom. The van der Waals surface area contributed by atoms with Gasteiger partial charge in [0.05, 0.1) is 13.2 Å². The Morgan fingerprint density at radius 1 is 1.00 bits per heavy atom. The molecule has 0 saturated heterocycles. The molecule has 260 valence electrons. The summed E-state index contributed by atoms with van der Waals surface area (Å²) in [5.74, 6) is 0.420. The minimum Gasteiger partial charge on any atom is -0.465 e. The second kappa shape index (κ2) is 15.1. The van der Waals surface area contributed by atoms with Gasteiger partial charge in [-0.15, -0.1) is 0 Å². The van der Waals surface area contributed by atoms with Crippen LogP contribution in [-0.4, -0.2) is 54.0 Å². The first-order valence-electron chi connectivity index (χ1n) is 16.9. The smallest absolute Gasteiger partial charge is 0.341 e. The van der Waals surface area contributed by atoms with Gasteiger partial charge >= 0.3 is 11.9 Å². The number of ether oxygens (including phenoxy) is 2. The molecule has 1 aliphatic heterocycles. The molecule has 0 radical (unpaired) electrons. The average Bonchev–Trinajstić information content (AvgIpc) is 3.30. The van der Waals surface area contributed by atoms with Crippen molar-refractivity contribution in [1.29, 1.82) is 0 Å². The number of halogens is 1. The Bertz CT molecular complexity index is 1280. The molecule has 1 fully saturated rings. The summed E-state index contributed by atoms with van der Waals surface area (Å²) in [6, 6.07) is 1.81. The third-order valence-corrected chi connectivity index (χ3v) is 22.4. The second-order valence-electron chi connectivity index (χ2n) is 15.9. The molecule has 2 aliphatic rings. The summed E-state index contributed by atoms with van der Waals surface area (Å²) in [6.45, 7) is 28.5. The van der Waals surface area contributed by atoms with Crippen LogP contribution in [0.1, 0.15) is 123 Å². The van der Waals surface area contributed by atoms with Crippen molar-refractivity contribution in [3.8, 4) is 0 Å². The maximum absolute atomic E-state index is 13.1. The van der Waals surface area contributed by atoms with Gasteiger partial charge in [-0.05, 0) is 108 Å². The molecule has 10 heteroatoms. The first kappa shape index (κ1) is 39.2. The second-order valence-corrected chi connectivity index (χ2v) is 27.3. The van der Waals surface area contributed by atoms with E-state index in [0.717, 1.165) is 15.6 Å². The van der Waals surface area contributed by atoms with Gasteiger partial charge in [-0.3, -0.25) is 4.79 Å². The third-order valence-electron chi connectivity index (χ3n) is 10.7. The van der Waals surface area contributed by atoms with E-state index in [-0.39, 0.29) is 35.1 Å². The molecule has 0 N–H and O–H groups in total. The molecule has 5 atom stereocenters. The summed E-state index contributed by atoms with van der Waals surface area (Å²) in [6.07, 6.45) is 5.35. The van der Waals surface area contributed by atoms with Crippen molar-refractivity contribution in [2.45, 2.75) is 154 Å². The predicted octanol–water partition coefficient (Wildman–Crippen LogP) is 10.6. The molecule has 1 aromatic heterocycles. The van der Waals surface area contributed by atoms with Crippen molar-refractivity contribution in [3.63, 3.8) is 0 Å². The fraction of sp³-hybridized carbons (Fsp3) is 0.722. The summed E-state index contributed by atoms with van der Waals surface area (Å²) < 4.78 is 33.1. The van der Waals surface area contributed by atoms with Crippen LogP contribution in [0, 0.1) is 5.92 Å². The van der Waals surface area contributed by atoms with E-state index in [2.05, 4.69) is 111 Å². The van der Waals surface area contributed by atoms with E-state index in [9.17, 15) is 9.59 Å². The number of rotatable bonds is 9. The van der Waals surface area contributed by atoms with E-state index in [4.69, 9.17) is 22.7 Å². The van der Waals surface area contributed by atoms with Gasteiger partial charge in [0.1, 0.15) is 23.2 Å². The van der Waals surface area contributed by atoms with Crippen molar-refractivity contribution in [3.05, 3.63) is 38.4 Å². The van der Waals surface area contributed by atoms with E-state index < -0.39 is 28.7 Å². The number of hydrogen-bond donors (Lipinski definition) is 0. The quantitative estimate of drug-likeness (QED) is 0.140. The number of fused-ring (bicyclic) bond motifs is 4. The van der Waals surface area contributed by atoms with Gasteiger partial charge in [0, 0.05) is 22.5 Å². The topological polar surface area (TPSA) is 84.2 Å². The van der Waals surface area contributed by atoms with Crippen molar-refractivity contribution in [1.82, 2.24) is 0 Å². The van der Waals surface area contributed by atoms with Crippen LogP contribution in [-0.2, 0) is 23.1 Å². The van der Waals surface area contributed by atoms with E-state index in [0.29, 0.717) is 46.5 Å². The number of methoxy groups -OCH3 is 1. The normalized spacial score (nSPS) is 27.0.